The van der Waals surface area contributed by atoms with E-state index in [1.807, 2.05) is 54.6 Å². The summed E-state index contributed by atoms with van der Waals surface area (Å²) >= 11 is 6.54. The number of rotatable bonds is 3. The molecule has 5 aromatic rings. The zero-order valence-electron chi connectivity index (χ0n) is 19.2. The number of nitrogens with zero attached hydrogens (tertiary/aromatic N) is 2. The molecule has 5 nitrogen and oxygen atoms in total. The van der Waals surface area contributed by atoms with Crippen LogP contribution in [-0.4, -0.2) is 11.7 Å². The molecule has 0 saturated heterocycles. The number of para-hydroxylation sites is 1. The van der Waals surface area contributed by atoms with Crippen molar-refractivity contribution in [3.05, 3.63) is 125 Å². The molecule has 2 atom stereocenters. The van der Waals surface area contributed by atoms with Gasteiger partial charge < -0.3 is 15.1 Å². The Hall–Kier alpha value is -4.35. The van der Waals surface area contributed by atoms with Crippen LogP contribution in [-0.2, 0) is 0 Å². The number of aliphatic imine (C=N–C) groups is 2. The monoisotopic (exact) mass is 488 g/mol. The summed E-state index contributed by atoms with van der Waals surface area (Å²) in [4.78, 5) is 10.1. The summed E-state index contributed by atoms with van der Waals surface area (Å²) in [5.74, 6) is 2.24. The van der Waals surface area contributed by atoms with E-state index in [0.29, 0.717) is 5.16 Å². The lowest BCUT2D eigenvalue weighted by Crippen LogP contribution is -2.43. The highest BCUT2D eigenvalue weighted by Gasteiger charge is 2.33. The highest BCUT2D eigenvalue weighted by Crippen LogP contribution is 2.38. The molecule has 2 aliphatic heterocycles. The quantitative estimate of drug-likeness (QED) is 0.271. The summed E-state index contributed by atoms with van der Waals surface area (Å²) in [5.41, 5.74) is 3.84. The van der Waals surface area contributed by atoms with Crippen molar-refractivity contribution in [2.75, 3.05) is 0 Å². The summed E-state index contributed by atoms with van der Waals surface area (Å²) in [7, 11) is 0. The van der Waals surface area contributed by atoms with Crippen molar-refractivity contribution in [2.24, 2.45) is 9.98 Å². The van der Waals surface area contributed by atoms with E-state index < -0.39 is 6.17 Å². The van der Waals surface area contributed by atoms with Crippen molar-refractivity contribution < 1.29 is 4.42 Å². The number of hydrogen-bond donors (Lipinski definition) is 2. The molecule has 0 saturated carbocycles. The normalized spacial score (nSPS) is 19.1. The van der Waals surface area contributed by atoms with Crippen LogP contribution in [0.15, 0.2) is 117 Å². The molecule has 0 bridgehead atoms. The maximum atomic E-state index is 6.54. The highest BCUT2D eigenvalue weighted by molar-refractivity contribution is 6.31. The van der Waals surface area contributed by atoms with Crippen LogP contribution in [0.3, 0.4) is 0 Å². The van der Waals surface area contributed by atoms with Crippen LogP contribution in [0.1, 0.15) is 34.7 Å². The van der Waals surface area contributed by atoms with Crippen molar-refractivity contribution in [1.29, 1.82) is 0 Å². The van der Waals surface area contributed by atoms with Crippen LogP contribution in [0, 0.1) is 0 Å². The molecular weight excluding hydrogens is 468 g/mol. The molecule has 2 N–H and O–H groups in total. The van der Waals surface area contributed by atoms with Gasteiger partial charge in [-0.3, -0.25) is 0 Å². The molecule has 0 amide bonds. The lowest BCUT2D eigenvalue weighted by Gasteiger charge is -2.29. The van der Waals surface area contributed by atoms with Crippen molar-refractivity contribution in [3.8, 4) is 0 Å². The standard InChI is InChI=1S/C30H21ClN4O/c31-25-17-24-26(22-12-6-7-13-23(22)36-24)27(32-25)30-34-28(19-9-2-1-3-10-19)33-29(35-30)21-15-14-18-8-4-5-11-20(18)16-21/h1-17,27-28,32H,(H,33,34,35). The third-order valence-corrected chi connectivity index (χ3v) is 6.86. The molecule has 36 heavy (non-hydrogen) atoms. The minimum Gasteiger partial charge on any atom is -0.456 e. The van der Waals surface area contributed by atoms with Gasteiger partial charge in [0.2, 0.25) is 0 Å². The Balaban J connectivity index is 1.37. The zero-order chi connectivity index (χ0) is 24.1. The first kappa shape index (κ1) is 21.0. The first-order valence-corrected chi connectivity index (χ1v) is 12.2. The van der Waals surface area contributed by atoms with E-state index >= 15 is 0 Å². The Morgan fingerprint density at radius 1 is 0.778 bits per heavy atom. The molecule has 0 aliphatic carbocycles. The Morgan fingerprint density at radius 2 is 1.56 bits per heavy atom. The van der Waals surface area contributed by atoms with Crippen LogP contribution in [0.5, 0.6) is 0 Å². The van der Waals surface area contributed by atoms with Crippen molar-refractivity contribution in [3.63, 3.8) is 0 Å². The lowest BCUT2D eigenvalue weighted by molar-refractivity contribution is 0.583. The maximum absolute atomic E-state index is 6.54. The van der Waals surface area contributed by atoms with Crippen LogP contribution >= 0.6 is 11.6 Å². The second kappa shape index (κ2) is 8.40. The highest BCUT2D eigenvalue weighted by atomic mass is 35.5. The number of benzene rings is 4. The van der Waals surface area contributed by atoms with E-state index in [0.717, 1.165) is 50.5 Å². The Morgan fingerprint density at radius 3 is 2.44 bits per heavy atom. The van der Waals surface area contributed by atoms with Gasteiger partial charge in [0.1, 0.15) is 34.2 Å². The molecular formula is C30H21ClN4O. The van der Waals surface area contributed by atoms with Gasteiger partial charge in [-0.1, -0.05) is 96.5 Å². The van der Waals surface area contributed by atoms with Crippen molar-refractivity contribution >= 4 is 51.1 Å². The molecule has 1 aromatic heterocycles. The molecule has 7 rings (SSSR count). The smallest absolute Gasteiger partial charge is 0.169 e. The topological polar surface area (TPSA) is 61.9 Å². The lowest BCUT2D eigenvalue weighted by atomic mass is 9.98. The number of hydrogen-bond acceptors (Lipinski definition) is 5. The molecule has 0 spiro atoms. The predicted octanol–water partition coefficient (Wildman–Crippen LogP) is 6.91. The first-order valence-electron chi connectivity index (χ1n) is 11.8. The van der Waals surface area contributed by atoms with Crippen LogP contribution in [0.25, 0.3) is 27.8 Å². The van der Waals surface area contributed by atoms with Crippen molar-refractivity contribution in [2.45, 2.75) is 12.2 Å². The van der Waals surface area contributed by atoms with Gasteiger partial charge in [-0.05, 0) is 28.5 Å². The fourth-order valence-corrected chi connectivity index (χ4v) is 5.14. The van der Waals surface area contributed by atoms with Gasteiger partial charge in [0.05, 0.1) is 0 Å². The molecule has 174 valence electrons. The van der Waals surface area contributed by atoms with E-state index in [1.165, 1.54) is 5.39 Å². The maximum Gasteiger partial charge on any atom is 0.169 e. The minimum absolute atomic E-state index is 0.321. The predicted molar refractivity (Wildman–Crippen MR) is 146 cm³/mol. The van der Waals surface area contributed by atoms with Gasteiger partial charge in [-0.2, -0.15) is 0 Å². The fourth-order valence-electron chi connectivity index (χ4n) is 4.93. The summed E-state index contributed by atoms with van der Waals surface area (Å²) < 4.78 is 6.14. The van der Waals surface area contributed by atoms with E-state index in [4.69, 9.17) is 26.0 Å². The second-order valence-corrected chi connectivity index (χ2v) is 9.32. The summed E-state index contributed by atoms with van der Waals surface area (Å²) in [5, 5.41) is 10.8. The van der Waals surface area contributed by atoms with Gasteiger partial charge in [0.15, 0.2) is 6.17 Å². The molecule has 3 heterocycles. The van der Waals surface area contributed by atoms with Gasteiger partial charge >= 0.3 is 0 Å². The average molecular weight is 489 g/mol. The molecule has 2 aliphatic rings. The average Bonchev–Trinajstić information content (AvgIpc) is 3.30. The molecule has 2 unspecified atom stereocenters. The largest absolute Gasteiger partial charge is 0.456 e. The second-order valence-electron chi connectivity index (χ2n) is 8.91. The summed E-state index contributed by atoms with van der Waals surface area (Å²) in [6, 6.07) is 32.5. The van der Waals surface area contributed by atoms with Gasteiger partial charge in [-0.15, -0.1) is 0 Å². The van der Waals surface area contributed by atoms with E-state index in [2.05, 4.69) is 59.2 Å². The molecule has 4 aromatic carbocycles. The van der Waals surface area contributed by atoms with Crippen LogP contribution in [0.4, 0.5) is 0 Å². The molecule has 6 heteroatoms. The summed E-state index contributed by atoms with van der Waals surface area (Å²) in [6.45, 7) is 0. The van der Waals surface area contributed by atoms with E-state index in [-0.39, 0.29) is 6.04 Å². The first-order chi connectivity index (χ1) is 17.7. The van der Waals surface area contributed by atoms with Crippen LogP contribution in [0.2, 0.25) is 0 Å². The van der Waals surface area contributed by atoms with Gasteiger partial charge in [-0.25, -0.2) is 9.98 Å². The Bertz CT molecular complexity index is 1720. The molecule has 0 radical (unpaired) electrons. The van der Waals surface area contributed by atoms with Gasteiger partial charge in [0.25, 0.3) is 0 Å². The number of fused-ring (bicyclic) bond motifs is 4. The molecule has 0 fully saturated rings. The fraction of sp³-hybridized carbons (Fsp3) is 0.0667. The van der Waals surface area contributed by atoms with Crippen LogP contribution < -0.4 is 10.6 Å². The van der Waals surface area contributed by atoms with Crippen molar-refractivity contribution in [1.82, 2.24) is 10.6 Å². The number of amidine groups is 2. The van der Waals surface area contributed by atoms with Gasteiger partial charge in [0, 0.05) is 22.6 Å². The number of halogens is 1. The minimum atomic E-state index is -0.392. The Kier molecular flexibility index (Phi) is 4.89. The van der Waals surface area contributed by atoms with E-state index in [9.17, 15) is 0 Å². The third-order valence-electron chi connectivity index (χ3n) is 6.64. The number of furan rings is 1. The summed E-state index contributed by atoms with van der Waals surface area (Å²) in [6.07, 6.45) is 1.43. The van der Waals surface area contributed by atoms with E-state index in [1.54, 1.807) is 0 Å². The Labute approximate surface area is 212 Å². The third kappa shape index (κ3) is 3.56. The SMILES string of the molecule is ClC1=Cc2oc3ccccc3c2C(C2=NC(c3ccccc3)N=C(c3ccc4ccccc4c3)N2)N1. The number of nitrogens with one attached hydrogen (secondary N) is 2. The zero-order valence-corrected chi connectivity index (χ0v) is 19.9.